The molecule has 5 nitrogen and oxygen atoms in total. The molecule has 1 aromatic heterocycles. The zero-order valence-electron chi connectivity index (χ0n) is 16.8. The predicted octanol–water partition coefficient (Wildman–Crippen LogP) is 5.18. The van der Waals surface area contributed by atoms with Crippen molar-refractivity contribution in [2.45, 2.75) is 16.3 Å². The molecule has 1 aliphatic heterocycles. The van der Waals surface area contributed by atoms with E-state index in [1.807, 2.05) is 12.1 Å². The van der Waals surface area contributed by atoms with Crippen LogP contribution in [0, 0.1) is 0 Å². The van der Waals surface area contributed by atoms with E-state index in [4.69, 9.17) is 4.74 Å². The van der Waals surface area contributed by atoms with Crippen LogP contribution in [0.3, 0.4) is 0 Å². The first-order valence-corrected chi connectivity index (χ1v) is 11.5. The molecule has 1 fully saturated rings. The van der Waals surface area contributed by atoms with Gasteiger partial charge < -0.3 is 14.5 Å². The predicted molar refractivity (Wildman–Crippen MR) is 118 cm³/mol. The van der Waals surface area contributed by atoms with E-state index < -0.39 is 11.7 Å². The number of halogens is 3. The van der Waals surface area contributed by atoms with E-state index in [0.717, 1.165) is 53.2 Å². The maximum atomic E-state index is 12.9. The van der Waals surface area contributed by atoms with Crippen LogP contribution in [0.2, 0.25) is 0 Å². The van der Waals surface area contributed by atoms with Gasteiger partial charge in [-0.1, -0.05) is 41.3 Å². The standard InChI is InChI=1S/C21H21F3N4OS2/c1-29-18-7-5-17(6-8-18)27-9-11-28(12-10-27)19-25-26-20(31-19)30-14-15-3-2-4-16(13-15)21(22,23)24/h2-8,13H,9-12,14H2,1H3. The minimum atomic E-state index is -4.33. The molecule has 164 valence electrons. The summed E-state index contributed by atoms with van der Waals surface area (Å²) in [5, 5.41) is 9.35. The lowest BCUT2D eigenvalue weighted by molar-refractivity contribution is -0.137. The van der Waals surface area contributed by atoms with E-state index >= 15 is 0 Å². The molecule has 0 atom stereocenters. The highest BCUT2D eigenvalue weighted by molar-refractivity contribution is 8.00. The maximum absolute atomic E-state index is 12.9. The van der Waals surface area contributed by atoms with Crippen molar-refractivity contribution in [1.82, 2.24) is 10.2 Å². The Hall–Kier alpha value is -2.46. The fourth-order valence-electron chi connectivity index (χ4n) is 3.32. The summed E-state index contributed by atoms with van der Waals surface area (Å²) in [6, 6.07) is 13.4. The monoisotopic (exact) mass is 466 g/mol. The Kier molecular flexibility index (Phi) is 6.57. The summed E-state index contributed by atoms with van der Waals surface area (Å²) in [6.45, 7) is 3.41. The number of methoxy groups -OCH3 is 1. The third-order valence-corrected chi connectivity index (χ3v) is 7.19. The van der Waals surface area contributed by atoms with Crippen LogP contribution >= 0.6 is 23.1 Å². The molecule has 2 aromatic carbocycles. The van der Waals surface area contributed by atoms with Crippen LogP contribution in [0.15, 0.2) is 52.9 Å². The van der Waals surface area contributed by atoms with Gasteiger partial charge in [0.05, 0.1) is 12.7 Å². The molecule has 0 saturated carbocycles. The van der Waals surface area contributed by atoms with Gasteiger partial charge in [-0.25, -0.2) is 0 Å². The van der Waals surface area contributed by atoms with Crippen LogP contribution in [-0.4, -0.2) is 43.5 Å². The molecule has 10 heteroatoms. The number of piperazine rings is 1. The Balaban J connectivity index is 1.31. The van der Waals surface area contributed by atoms with Gasteiger partial charge in [-0.2, -0.15) is 13.2 Å². The maximum Gasteiger partial charge on any atom is 0.416 e. The first kappa shape index (κ1) is 21.8. The van der Waals surface area contributed by atoms with Gasteiger partial charge in [0.25, 0.3) is 0 Å². The number of aromatic nitrogens is 2. The molecular weight excluding hydrogens is 445 g/mol. The Morgan fingerprint density at radius 1 is 1.00 bits per heavy atom. The zero-order chi connectivity index (χ0) is 21.8. The summed E-state index contributed by atoms with van der Waals surface area (Å²) in [5.74, 6) is 1.26. The number of thioether (sulfide) groups is 1. The van der Waals surface area contributed by atoms with Crippen LogP contribution in [0.4, 0.5) is 24.0 Å². The van der Waals surface area contributed by atoms with E-state index in [9.17, 15) is 13.2 Å². The second-order valence-corrected chi connectivity index (χ2v) is 9.19. The molecular formula is C21H21F3N4OS2. The van der Waals surface area contributed by atoms with Crippen molar-refractivity contribution in [1.29, 1.82) is 0 Å². The van der Waals surface area contributed by atoms with Crippen molar-refractivity contribution in [2.24, 2.45) is 0 Å². The third kappa shape index (κ3) is 5.43. The number of hydrogen-bond donors (Lipinski definition) is 0. The Morgan fingerprint density at radius 3 is 2.39 bits per heavy atom. The number of ether oxygens (including phenoxy) is 1. The average Bonchev–Trinajstić information content (AvgIpc) is 3.27. The molecule has 0 aliphatic carbocycles. The molecule has 3 aromatic rings. The number of rotatable bonds is 6. The highest BCUT2D eigenvalue weighted by Crippen LogP contribution is 2.33. The van der Waals surface area contributed by atoms with Crippen LogP contribution in [0.5, 0.6) is 5.75 Å². The Bertz CT molecular complexity index is 1000. The van der Waals surface area contributed by atoms with E-state index in [-0.39, 0.29) is 0 Å². The third-order valence-electron chi connectivity index (χ3n) is 5.00. The molecule has 2 heterocycles. The molecule has 31 heavy (non-hydrogen) atoms. The molecule has 0 radical (unpaired) electrons. The fraction of sp³-hybridized carbons (Fsp3) is 0.333. The van der Waals surface area contributed by atoms with Gasteiger partial charge in [0, 0.05) is 37.6 Å². The van der Waals surface area contributed by atoms with E-state index in [2.05, 4.69) is 32.1 Å². The minimum absolute atomic E-state index is 0.420. The summed E-state index contributed by atoms with van der Waals surface area (Å²) in [6.07, 6.45) is -4.33. The van der Waals surface area contributed by atoms with Crippen LogP contribution in [0.1, 0.15) is 11.1 Å². The molecule has 0 spiro atoms. The van der Waals surface area contributed by atoms with Gasteiger partial charge in [0.15, 0.2) is 4.34 Å². The minimum Gasteiger partial charge on any atom is -0.497 e. The molecule has 1 aliphatic rings. The van der Waals surface area contributed by atoms with Crippen molar-refractivity contribution in [2.75, 3.05) is 43.1 Å². The van der Waals surface area contributed by atoms with Crippen molar-refractivity contribution in [3.05, 3.63) is 59.7 Å². The lowest BCUT2D eigenvalue weighted by Crippen LogP contribution is -2.46. The number of anilines is 2. The van der Waals surface area contributed by atoms with Gasteiger partial charge in [0.2, 0.25) is 5.13 Å². The largest absolute Gasteiger partial charge is 0.497 e. The molecule has 0 unspecified atom stereocenters. The highest BCUT2D eigenvalue weighted by Gasteiger charge is 2.30. The molecule has 1 saturated heterocycles. The fourth-order valence-corrected chi connectivity index (χ4v) is 5.16. The quantitative estimate of drug-likeness (QED) is 0.466. The molecule has 0 bridgehead atoms. The second-order valence-electron chi connectivity index (χ2n) is 7.01. The van der Waals surface area contributed by atoms with E-state index in [0.29, 0.717) is 11.3 Å². The number of nitrogens with zero attached hydrogens (tertiary/aromatic N) is 4. The summed E-state index contributed by atoms with van der Waals surface area (Å²) >= 11 is 2.89. The number of alkyl halides is 3. The van der Waals surface area contributed by atoms with Gasteiger partial charge in [-0.05, 0) is 35.9 Å². The van der Waals surface area contributed by atoms with Gasteiger partial charge in [0.1, 0.15) is 5.75 Å². The average molecular weight is 467 g/mol. The van der Waals surface area contributed by atoms with E-state index in [1.165, 1.54) is 35.2 Å². The number of benzene rings is 2. The molecule has 0 amide bonds. The molecule has 0 N–H and O–H groups in total. The van der Waals surface area contributed by atoms with Crippen molar-refractivity contribution in [3.63, 3.8) is 0 Å². The lowest BCUT2D eigenvalue weighted by atomic mass is 10.1. The SMILES string of the molecule is COc1ccc(N2CCN(c3nnc(SCc4cccc(C(F)(F)F)c4)s3)CC2)cc1. The van der Waals surface area contributed by atoms with Crippen molar-refractivity contribution in [3.8, 4) is 5.75 Å². The first-order valence-electron chi connectivity index (χ1n) is 9.69. The van der Waals surface area contributed by atoms with Gasteiger partial charge in [-0.3, -0.25) is 0 Å². The second kappa shape index (κ2) is 9.35. The first-order chi connectivity index (χ1) is 14.9. The van der Waals surface area contributed by atoms with Crippen LogP contribution in [0.25, 0.3) is 0 Å². The number of hydrogen-bond acceptors (Lipinski definition) is 7. The zero-order valence-corrected chi connectivity index (χ0v) is 18.4. The van der Waals surface area contributed by atoms with Crippen molar-refractivity contribution >= 4 is 33.9 Å². The topological polar surface area (TPSA) is 41.5 Å². The summed E-state index contributed by atoms with van der Waals surface area (Å²) in [4.78, 5) is 4.52. The highest BCUT2D eigenvalue weighted by atomic mass is 32.2. The smallest absolute Gasteiger partial charge is 0.416 e. The van der Waals surface area contributed by atoms with Crippen LogP contribution in [-0.2, 0) is 11.9 Å². The Labute approximate surface area is 186 Å². The van der Waals surface area contributed by atoms with E-state index in [1.54, 1.807) is 13.2 Å². The molecule has 4 rings (SSSR count). The van der Waals surface area contributed by atoms with Gasteiger partial charge in [-0.15, -0.1) is 10.2 Å². The summed E-state index contributed by atoms with van der Waals surface area (Å²) in [7, 11) is 1.65. The summed E-state index contributed by atoms with van der Waals surface area (Å²) in [5.41, 5.74) is 1.15. The lowest BCUT2D eigenvalue weighted by Gasteiger charge is -2.35. The van der Waals surface area contributed by atoms with Crippen LogP contribution < -0.4 is 14.5 Å². The van der Waals surface area contributed by atoms with Gasteiger partial charge >= 0.3 is 6.18 Å². The normalized spacial score (nSPS) is 14.7. The Morgan fingerprint density at radius 2 is 1.71 bits per heavy atom. The van der Waals surface area contributed by atoms with Crippen molar-refractivity contribution < 1.29 is 17.9 Å². The summed E-state index contributed by atoms with van der Waals surface area (Å²) < 4.78 is 44.6.